The van der Waals surface area contributed by atoms with E-state index in [0.29, 0.717) is 23.1 Å². The molecule has 10 heteroatoms. The second-order valence-corrected chi connectivity index (χ2v) is 5.40. The van der Waals surface area contributed by atoms with Crippen LogP contribution in [-0.4, -0.2) is 48.2 Å². The highest BCUT2D eigenvalue weighted by molar-refractivity contribution is 5.87. The summed E-state index contributed by atoms with van der Waals surface area (Å²) in [6, 6.07) is 1.15. The van der Waals surface area contributed by atoms with E-state index < -0.39 is 6.04 Å². The third-order valence-electron chi connectivity index (χ3n) is 4.06. The molecule has 2 heterocycles. The van der Waals surface area contributed by atoms with Crippen molar-refractivity contribution in [2.75, 3.05) is 26.4 Å². The number of nitrogens with zero attached hydrogens (tertiary/aromatic N) is 2. The van der Waals surface area contributed by atoms with E-state index >= 15 is 0 Å². The Labute approximate surface area is 142 Å². The lowest BCUT2D eigenvalue weighted by Gasteiger charge is -2.17. The summed E-state index contributed by atoms with van der Waals surface area (Å²) in [6.07, 6.45) is 0.326. The minimum atomic E-state index is -0.498. The molecule has 0 aliphatic carbocycles. The Kier molecular flexibility index (Phi) is 4.83. The monoisotopic (exact) mass is 350 g/mol. The maximum atomic E-state index is 11.8. The smallest absolute Gasteiger partial charge is 0.324 e. The van der Waals surface area contributed by atoms with Gasteiger partial charge in [0, 0.05) is 6.42 Å². The Morgan fingerprint density at radius 3 is 2.68 bits per heavy atom. The number of hydrogen-bond acceptors (Lipinski definition) is 10. The van der Waals surface area contributed by atoms with Crippen LogP contribution in [0, 0.1) is 6.92 Å². The third-order valence-corrected chi connectivity index (χ3v) is 4.06. The number of benzene rings is 1. The van der Waals surface area contributed by atoms with Crippen molar-refractivity contribution in [2.45, 2.75) is 19.4 Å². The van der Waals surface area contributed by atoms with Gasteiger partial charge >= 0.3 is 5.97 Å². The number of methoxy groups -OCH3 is 2. The van der Waals surface area contributed by atoms with Crippen molar-refractivity contribution >= 4 is 22.7 Å². The molecule has 134 valence electrons. The van der Waals surface area contributed by atoms with Gasteiger partial charge in [-0.2, -0.15) is 0 Å². The lowest BCUT2D eigenvalue weighted by atomic mass is 9.97. The van der Waals surface area contributed by atoms with Crippen LogP contribution in [0.4, 0.5) is 5.69 Å². The zero-order chi connectivity index (χ0) is 18.0. The van der Waals surface area contributed by atoms with Crippen LogP contribution in [0.3, 0.4) is 0 Å². The second kappa shape index (κ2) is 7.05. The van der Waals surface area contributed by atoms with Gasteiger partial charge in [-0.15, -0.1) is 4.99 Å². The fraction of sp³-hybridized carbons (Fsp3) is 0.400. The van der Waals surface area contributed by atoms with E-state index in [1.807, 2.05) is 6.92 Å². The quantitative estimate of drug-likeness (QED) is 0.391. The molecule has 1 atom stereocenters. The van der Waals surface area contributed by atoms with Crippen LogP contribution in [0.1, 0.15) is 11.1 Å². The number of nitrogens with one attached hydrogen (secondary N) is 2. The molecule has 0 amide bonds. The summed E-state index contributed by atoms with van der Waals surface area (Å²) in [5, 5.41) is 11.7. The van der Waals surface area contributed by atoms with Gasteiger partial charge in [-0.1, -0.05) is 0 Å². The first-order valence-electron chi connectivity index (χ1n) is 7.47. The minimum Gasteiger partial charge on any atom is -0.477 e. The molecule has 0 spiro atoms. The van der Waals surface area contributed by atoms with Crippen molar-refractivity contribution in [3.8, 4) is 11.8 Å². The Balaban J connectivity index is 2.18. The summed E-state index contributed by atoms with van der Waals surface area (Å²) < 4.78 is 15.3. The molecule has 1 aliphatic rings. The third kappa shape index (κ3) is 3.14. The molecular formula is C15H18N4O6. The van der Waals surface area contributed by atoms with Gasteiger partial charge in [0.25, 0.3) is 11.8 Å². The highest BCUT2D eigenvalue weighted by Gasteiger charge is 2.28. The van der Waals surface area contributed by atoms with Gasteiger partial charge in [-0.25, -0.2) is 20.7 Å². The predicted octanol–water partition coefficient (Wildman–Crippen LogP) is 0.787. The van der Waals surface area contributed by atoms with Gasteiger partial charge in [0.15, 0.2) is 0 Å². The molecule has 1 aromatic carbocycles. The molecule has 25 heavy (non-hydrogen) atoms. The predicted molar refractivity (Wildman–Crippen MR) is 86.3 cm³/mol. The number of rotatable bonds is 6. The van der Waals surface area contributed by atoms with Gasteiger partial charge < -0.3 is 14.2 Å². The Morgan fingerprint density at radius 2 is 2.08 bits per heavy atom. The number of hydrogen-bond donors (Lipinski definition) is 3. The molecule has 0 bridgehead atoms. The zero-order valence-electron chi connectivity index (χ0n) is 14.0. The lowest BCUT2D eigenvalue weighted by molar-refractivity contribution is -0.215. The molecule has 10 nitrogen and oxygen atoms in total. The van der Waals surface area contributed by atoms with Crippen LogP contribution in [0.2, 0.25) is 0 Å². The Morgan fingerprint density at radius 1 is 1.36 bits per heavy atom. The topological polar surface area (TPSA) is 124 Å². The van der Waals surface area contributed by atoms with Gasteiger partial charge in [-0.05, 0) is 24.1 Å². The normalized spacial score (nSPS) is 16.8. The molecule has 1 aromatic heterocycles. The van der Waals surface area contributed by atoms with Gasteiger partial charge in [0.1, 0.15) is 12.8 Å². The summed E-state index contributed by atoms with van der Waals surface area (Å²) in [5.41, 5.74) is 5.40. The Hall–Kier alpha value is -2.69. The number of fused-ring (bicyclic) bond motifs is 1. The van der Waals surface area contributed by atoms with Crippen molar-refractivity contribution in [1.82, 2.24) is 15.3 Å². The van der Waals surface area contributed by atoms with Crippen LogP contribution in [-0.2, 0) is 20.9 Å². The van der Waals surface area contributed by atoms with Crippen LogP contribution in [0.15, 0.2) is 6.07 Å². The molecule has 1 fully saturated rings. The van der Waals surface area contributed by atoms with Crippen molar-refractivity contribution in [1.29, 1.82) is 0 Å². The maximum absolute atomic E-state index is 11.8. The molecule has 1 saturated heterocycles. The molecule has 0 radical (unpaired) electrons. The van der Waals surface area contributed by atoms with E-state index in [0.717, 1.165) is 11.1 Å². The molecule has 2 aromatic rings. The molecule has 3 N–H and O–H groups in total. The SMILES string of the molecule is COc1nc2cc(NOO)c(C)c(CC3NCOC3=O)c2nc1OC. The van der Waals surface area contributed by atoms with Crippen LogP contribution < -0.4 is 20.3 Å². The number of ether oxygens (including phenoxy) is 3. The number of aromatic nitrogens is 2. The summed E-state index contributed by atoms with van der Waals surface area (Å²) in [6.45, 7) is 1.98. The first kappa shape index (κ1) is 17.1. The van der Waals surface area contributed by atoms with Crippen LogP contribution >= 0.6 is 0 Å². The number of carbonyl (C=O) groups excluding carboxylic acids is 1. The highest BCUT2D eigenvalue weighted by atomic mass is 17.2. The number of cyclic esters (lactones) is 1. The van der Waals surface area contributed by atoms with Crippen molar-refractivity contribution < 1.29 is 29.3 Å². The zero-order valence-corrected chi connectivity index (χ0v) is 14.0. The van der Waals surface area contributed by atoms with E-state index in [1.165, 1.54) is 14.2 Å². The largest absolute Gasteiger partial charge is 0.477 e. The van der Waals surface area contributed by atoms with Gasteiger partial charge in [0.05, 0.1) is 30.9 Å². The summed E-state index contributed by atoms with van der Waals surface area (Å²) in [5.74, 6) is 0.119. The maximum Gasteiger partial charge on any atom is 0.324 e. The van der Waals surface area contributed by atoms with Gasteiger partial charge in [0.2, 0.25) is 0 Å². The molecule has 3 rings (SSSR count). The van der Waals surface area contributed by atoms with Crippen LogP contribution in [0.25, 0.3) is 11.0 Å². The number of carbonyl (C=O) groups is 1. The minimum absolute atomic E-state index is 0.168. The first-order chi connectivity index (χ1) is 12.1. The first-order valence-corrected chi connectivity index (χ1v) is 7.47. The van der Waals surface area contributed by atoms with E-state index in [2.05, 4.69) is 25.8 Å². The van der Waals surface area contributed by atoms with E-state index in [1.54, 1.807) is 6.07 Å². The molecule has 1 unspecified atom stereocenters. The summed E-state index contributed by atoms with van der Waals surface area (Å²) in [7, 11) is 2.93. The number of anilines is 1. The van der Waals surface area contributed by atoms with Gasteiger partial charge in [-0.3, -0.25) is 10.1 Å². The molecule has 0 saturated carbocycles. The molecular weight excluding hydrogens is 332 g/mol. The number of esters is 1. The highest BCUT2D eigenvalue weighted by Crippen LogP contribution is 2.33. The fourth-order valence-electron chi connectivity index (χ4n) is 2.75. The van der Waals surface area contributed by atoms with Crippen LogP contribution in [0.5, 0.6) is 11.8 Å². The van der Waals surface area contributed by atoms with E-state index in [4.69, 9.17) is 19.5 Å². The van der Waals surface area contributed by atoms with Crippen molar-refractivity contribution in [2.24, 2.45) is 0 Å². The second-order valence-electron chi connectivity index (χ2n) is 5.40. The average Bonchev–Trinajstić information content (AvgIpc) is 3.02. The molecule has 1 aliphatic heterocycles. The van der Waals surface area contributed by atoms with Crippen molar-refractivity contribution in [3.63, 3.8) is 0 Å². The summed E-state index contributed by atoms with van der Waals surface area (Å²) in [4.78, 5) is 24.7. The standard InChI is InChI=1S/C15H18N4O6/c1-7-8(4-11-15(20)24-6-16-11)12-10(5-9(7)19-25-21)17-13(22-2)14(18-12)23-3/h5,11,16,19,21H,4,6H2,1-3H3. The summed E-state index contributed by atoms with van der Waals surface area (Å²) >= 11 is 0. The Bertz CT molecular complexity index is 812. The average molecular weight is 350 g/mol. The fourth-order valence-corrected chi connectivity index (χ4v) is 2.75. The van der Waals surface area contributed by atoms with E-state index in [-0.39, 0.29) is 24.5 Å². The van der Waals surface area contributed by atoms with E-state index in [9.17, 15) is 4.79 Å². The lowest BCUT2D eigenvalue weighted by Crippen LogP contribution is -2.30. The van der Waals surface area contributed by atoms with Crippen molar-refractivity contribution in [3.05, 3.63) is 17.2 Å².